The second kappa shape index (κ2) is 7.36. The van der Waals surface area contributed by atoms with Crippen molar-refractivity contribution in [2.75, 3.05) is 0 Å². The number of rotatable bonds is 8. The molecular weight excluding hydrogens is 216 g/mol. The van der Waals surface area contributed by atoms with E-state index < -0.39 is 0 Å². The Bertz CT molecular complexity index is 243. The topological polar surface area (TPSA) is 0 Å². The summed E-state index contributed by atoms with van der Waals surface area (Å²) in [7, 11) is 0. The third kappa shape index (κ3) is 4.78. The van der Waals surface area contributed by atoms with Gasteiger partial charge in [0.2, 0.25) is 0 Å². The third-order valence-corrected chi connectivity index (χ3v) is 4.91. The van der Waals surface area contributed by atoms with Crippen molar-refractivity contribution in [3.05, 3.63) is 12.2 Å². The lowest BCUT2D eigenvalue weighted by Crippen LogP contribution is -2.34. The van der Waals surface area contributed by atoms with E-state index >= 15 is 0 Å². The number of allylic oxidation sites excluding steroid dienone is 1. The molecular formula is C18H36. The van der Waals surface area contributed by atoms with Gasteiger partial charge in [0.1, 0.15) is 0 Å². The summed E-state index contributed by atoms with van der Waals surface area (Å²) in [5.74, 6) is 0.845. The van der Waals surface area contributed by atoms with Crippen molar-refractivity contribution in [3.8, 4) is 0 Å². The van der Waals surface area contributed by atoms with Crippen LogP contribution in [0.15, 0.2) is 12.2 Å². The van der Waals surface area contributed by atoms with Gasteiger partial charge in [-0.3, -0.25) is 0 Å². The average molecular weight is 252 g/mol. The van der Waals surface area contributed by atoms with Crippen molar-refractivity contribution in [1.82, 2.24) is 0 Å². The maximum absolute atomic E-state index is 4.44. The molecule has 0 N–H and O–H groups in total. The van der Waals surface area contributed by atoms with Gasteiger partial charge in [0.15, 0.2) is 0 Å². The molecule has 0 aromatic rings. The van der Waals surface area contributed by atoms with E-state index in [-0.39, 0.29) is 5.41 Å². The van der Waals surface area contributed by atoms with Crippen LogP contribution in [0.4, 0.5) is 0 Å². The summed E-state index contributed by atoms with van der Waals surface area (Å²) in [6.07, 6.45) is 7.68. The van der Waals surface area contributed by atoms with Gasteiger partial charge in [0.25, 0.3) is 0 Å². The standard InChI is InChI=1S/C18H36/c1-9-11-15(3)12-13-16(4)18(8,14-10-2)17(5,6)7/h15H,4,9-14H2,1-3,5-8H3. The molecule has 2 atom stereocenters. The maximum Gasteiger partial charge on any atom is -0.00707 e. The summed E-state index contributed by atoms with van der Waals surface area (Å²) in [6.45, 7) is 20.9. The Morgan fingerprint density at radius 2 is 1.56 bits per heavy atom. The summed E-state index contributed by atoms with van der Waals surface area (Å²) in [4.78, 5) is 0. The molecule has 0 fully saturated rings. The van der Waals surface area contributed by atoms with Crippen LogP contribution in [0.2, 0.25) is 0 Å². The average Bonchev–Trinajstić information content (AvgIpc) is 2.25. The Morgan fingerprint density at radius 1 is 1.00 bits per heavy atom. The Morgan fingerprint density at radius 3 is 1.94 bits per heavy atom. The van der Waals surface area contributed by atoms with Crippen molar-refractivity contribution < 1.29 is 0 Å². The highest BCUT2D eigenvalue weighted by molar-refractivity contribution is 5.13. The molecule has 0 rings (SSSR count). The Labute approximate surface area is 116 Å². The van der Waals surface area contributed by atoms with E-state index in [0.717, 1.165) is 5.92 Å². The molecule has 0 saturated heterocycles. The van der Waals surface area contributed by atoms with Crippen LogP contribution in [0.3, 0.4) is 0 Å². The molecule has 0 aliphatic carbocycles. The molecule has 0 amide bonds. The first-order valence-corrected chi connectivity index (χ1v) is 7.87. The van der Waals surface area contributed by atoms with Crippen LogP contribution in [-0.4, -0.2) is 0 Å². The number of hydrogen-bond acceptors (Lipinski definition) is 0. The Kier molecular flexibility index (Phi) is 7.25. The summed E-state index contributed by atoms with van der Waals surface area (Å²) in [6, 6.07) is 0. The van der Waals surface area contributed by atoms with Gasteiger partial charge in [-0.25, -0.2) is 0 Å². The zero-order valence-electron chi connectivity index (χ0n) is 14.0. The lowest BCUT2D eigenvalue weighted by molar-refractivity contribution is 0.133. The van der Waals surface area contributed by atoms with Crippen LogP contribution >= 0.6 is 0 Å². The van der Waals surface area contributed by atoms with Crippen LogP contribution in [0.5, 0.6) is 0 Å². The molecule has 0 aromatic carbocycles. The molecule has 0 spiro atoms. The van der Waals surface area contributed by atoms with E-state index in [1.54, 1.807) is 0 Å². The van der Waals surface area contributed by atoms with Crippen LogP contribution in [-0.2, 0) is 0 Å². The fourth-order valence-electron chi connectivity index (χ4n) is 2.92. The van der Waals surface area contributed by atoms with Crippen LogP contribution in [0.25, 0.3) is 0 Å². The van der Waals surface area contributed by atoms with Gasteiger partial charge in [-0.05, 0) is 36.0 Å². The van der Waals surface area contributed by atoms with Gasteiger partial charge >= 0.3 is 0 Å². The van der Waals surface area contributed by atoms with E-state index in [1.807, 2.05) is 0 Å². The molecule has 0 saturated carbocycles. The van der Waals surface area contributed by atoms with Crippen molar-refractivity contribution in [2.24, 2.45) is 16.7 Å². The molecule has 108 valence electrons. The molecule has 0 aliphatic rings. The minimum Gasteiger partial charge on any atom is -0.0993 e. The maximum atomic E-state index is 4.44. The Balaban J connectivity index is 4.60. The summed E-state index contributed by atoms with van der Waals surface area (Å²) in [5.41, 5.74) is 2.07. The highest BCUT2D eigenvalue weighted by Crippen LogP contribution is 2.48. The lowest BCUT2D eigenvalue weighted by atomic mass is 9.61. The SMILES string of the molecule is C=C(CCC(C)CCC)C(C)(CCC)C(C)(C)C. The second-order valence-corrected chi connectivity index (χ2v) is 7.37. The smallest absolute Gasteiger partial charge is 0.00707 e. The van der Waals surface area contributed by atoms with Gasteiger partial charge in [0, 0.05) is 0 Å². The first-order valence-electron chi connectivity index (χ1n) is 7.87. The van der Waals surface area contributed by atoms with Crippen LogP contribution < -0.4 is 0 Å². The summed E-state index contributed by atoms with van der Waals surface area (Å²) in [5, 5.41) is 0. The first kappa shape index (κ1) is 17.7. The second-order valence-electron chi connectivity index (χ2n) is 7.37. The van der Waals surface area contributed by atoms with Crippen molar-refractivity contribution in [1.29, 1.82) is 0 Å². The van der Waals surface area contributed by atoms with Crippen molar-refractivity contribution in [2.45, 2.75) is 87.0 Å². The molecule has 0 aromatic heterocycles. The highest BCUT2D eigenvalue weighted by atomic mass is 14.4. The van der Waals surface area contributed by atoms with Crippen molar-refractivity contribution >= 4 is 0 Å². The van der Waals surface area contributed by atoms with E-state index in [0.29, 0.717) is 5.41 Å². The molecule has 0 nitrogen and oxygen atoms in total. The third-order valence-electron chi connectivity index (χ3n) is 4.91. The van der Waals surface area contributed by atoms with E-state index in [2.05, 4.69) is 55.0 Å². The van der Waals surface area contributed by atoms with Gasteiger partial charge in [-0.2, -0.15) is 0 Å². The summed E-state index contributed by atoms with van der Waals surface area (Å²) >= 11 is 0. The highest BCUT2D eigenvalue weighted by Gasteiger charge is 2.38. The summed E-state index contributed by atoms with van der Waals surface area (Å²) < 4.78 is 0. The fraction of sp³-hybridized carbons (Fsp3) is 0.889. The molecule has 2 unspecified atom stereocenters. The predicted molar refractivity (Wildman–Crippen MR) is 84.9 cm³/mol. The molecule has 0 radical (unpaired) electrons. The van der Waals surface area contributed by atoms with Crippen LogP contribution in [0.1, 0.15) is 87.0 Å². The minimum absolute atomic E-state index is 0.285. The van der Waals surface area contributed by atoms with Gasteiger partial charge in [-0.1, -0.05) is 79.9 Å². The quantitative estimate of drug-likeness (QED) is 0.426. The van der Waals surface area contributed by atoms with Gasteiger partial charge in [0.05, 0.1) is 0 Å². The lowest BCUT2D eigenvalue weighted by Gasteiger charge is -2.44. The first-order chi connectivity index (χ1) is 8.19. The largest absolute Gasteiger partial charge is 0.0993 e. The monoisotopic (exact) mass is 252 g/mol. The van der Waals surface area contributed by atoms with E-state index in [4.69, 9.17) is 0 Å². The molecule has 0 aliphatic heterocycles. The van der Waals surface area contributed by atoms with Crippen molar-refractivity contribution in [3.63, 3.8) is 0 Å². The van der Waals surface area contributed by atoms with Gasteiger partial charge < -0.3 is 0 Å². The zero-order chi connectivity index (χ0) is 14.4. The predicted octanol–water partition coefficient (Wildman–Crippen LogP) is 6.61. The van der Waals surface area contributed by atoms with E-state index in [1.165, 1.54) is 44.1 Å². The molecule has 0 heterocycles. The zero-order valence-corrected chi connectivity index (χ0v) is 14.0. The van der Waals surface area contributed by atoms with Gasteiger partial charge in [-0.15, -0.1) is 0 Å². The molecule has 0 bridgehead atoms. The van der Waals surface area contributed by atoms with Crippen LogP contribution in [0, 0.1) is 16.7 Å². The molecule has 0 heteroatoms. The Hall–Kier alpha value is -0.260. The van der Waals surface area contributed by atoms with E-state index in [9.17, 15) is 0 Å². The molecule has 18 heavy (non-hydrogen) atoms. The minimum atomic E-state index is 0.285. The normalized spacial score (nSPS) is 17.3. The fourth-order valence-corrected chi connectivity index (χ4v) is 2.92. The number of hydrogen-bond donors (Lipinski definition) is 0.